The zero-order valence-corrected chi connectivity index (χ0v) is 11.3. The molecule has 5 nitrogen and oxygen atoms in total. The van der Waals surface area contributed by atoms with Crippen molar-refractivity contribution in [1.29, 1.82) is 0 Å². The molecule has 0 spiro atoms. The third kappa shape index (κ3) is 3.47. The number of hydrogen-bond acceptors (Lipinski definition) is 5. The molecule has 0 saturated heterocycles. The molecule has 0 bridgehead atoms. The van der Waals surface area contributed by atoms with Crippen LogP contribution in [0.4, 0.5) is 11.4 Å². The number of ether oxygens (including phenoxy) is 1. The molecule has 0 amide bonds. The Labute approximate surface area is 117 Å². The van der Waals surface area contributed by atoms with E-state index in [9.17, 15) is 4.79 Å². The normalized spacial score (nSPS) is 10.1. The van der Waals surface area contributed by atoms with Gasteiger partial charge in [0.15, 0.2) is 0 Å². The number of nitrogens with one attached hydrogen (secondary N) is 1. The quantitative estimate of drug-likeness (QED) is 0.645. The van der Waals surface area contributed by atoms with Gasteiger partial charge in [0.1, 0.15) is 0 Å². The van der Waals surface area contributed by atoms with Gasteiger partial charge in [0.05, 0.1) is 12.2 Å². The molecule has 0 unspecified atom stereocenters. The van der Waals surface area contributed by atoms with E-state index >= 15 is 0 Å². The molecule has 2 rings (SSSR count). The first kappa shape index (κ1) is 13.9. The van der Waals surface area contributed by atoms with E-state index < -0.39 is 5.97 Å². The number of aromatic nitrogens is 1. The van der Waals surface area contributed by atoms with Gasteiger partial charge in [-0.25, -0.2) is 4.79 Å². The summed E-state index contributed by atoms with van der Waals surface area (Å²) < 4.78 is 4.97. The van der Waals surface area contributed by atoms with Crippen LogP contribution in [0.5, 0.6) is 0 Å². The second kappa shape index (κ2) is 6.56. The maximum atomic E-state index is 11.8. The number of hydrogen-bond donors (Lipinski definition) is 2. The smallest absolute Gasteiger partial charge is 0.340 e. The van der Waals surface area contributed by atoms with Crippen molar-refractivity contribution in [3.05, 3.63) is 53.9 Å². The highest BCUT2D eigenvalue weighted by Gasteiger charge is 2.11. The van der Waals surface area contributed by atoms with E-state index in [4.69, 9.17) is 10.5 Å². The van der Waals surface area contributed by atoms with Crippen molar-refractivity contribution in [3.63, 3.8) is 0 Å². The number of carbonyl (C=O) groups excluding carboxylic acids is 1. The Morgan fingerprint density at radius 3 is 2.75 bits per heavy atom. The summed E-state index contributed by atoms with van der Waals surface area (Å²) >= 11 is 0. The Kier molecular flexibility index (Phi) is 4.55. The minimum Gasteiger partial charge on any atom is -0.462 e. The minimum atomic E-state index is -0.405. The Morgan fingerprint density at radius 1 is 1.30 bits per heavy atom. The summed E-state index contributed by atoms with van der Waals surface area (Å²) in [5, 5.41) is 3.23. The van der Waals surface area contributed by atoms with Crippen molar-refractivity contribution in [2.45, 2.75) is 13.5 Å². The zero-order chi connectivity index (χ0) is 14.4. The van der Waals surface area contributed by atoms with Gasteiger partial charge in [-0.1, -0.05) is 0 Å². The summed E-state index contributed by atoms with van der Waals surface area (Å²) in [6.45, 7) is 2.74. The fourth-order valence-electron chi connectivity index (χ4n) is 1.76. The van der Waals surface area contributed by atoms with Crippen LogP contribution in [-0.4, -0.2) is 17.6 Å². The van der Waals surface area contributed by atoms with E-state index in [1.807, 2.05) is 18.2 Å². The van der Waals surface area contributed by atoms with Crippen LogP contribution in [0.15, 0.2) is 42.7 Å². The molecule has 0 aliphatic carbocycles. The van der Waals surface area contributed by atoms with E-state index in [0.29, 0.717) is 24.4 Å². The van der Waals surface area contributed by atoms with Crippen molar-refractivity contribution >= 4 is 17.3 Å². The molecule has 1 heterocycles. The highest BCUT2D eigenvalue weighted by Crippen LogP contribution is 2.19. The van der Waals surface area contributed by atoms with Crippen molar-refractivity contribution in [2.24, 2.45) is 0 Å². The van der Waals surface area contributed by atoms with Crippen LogP contribution in [0.1, 0.15) is 22.8 Å². The monoisotopic (exact) mass is 271 g/mol. The number of nitrogen functional groups attached to an aromatic ring is 1. The van der Waals surface area contributed by atoms with Crippen molar-refractivity contribution in [2.75, 3.05) is 17.7 Å². The fourth-order valence-corrected chi connectivity index (χ4v) is 1.76. The number of anilines is 2. The summed E-state index contributed by atoms with van der Waals surface area (Å²) in [7, 11) is 0. The Bertz CT molecular complexity index is 585. The van der Waals surface area contributed by atoms with Gasteiger partial charge in [0.25, 0.3) is 0 Å². The first-order valence-electron chi connectivity index (χ1n) is 6.40. The molecule has 0 aliphatic rings. The third-order valence-corrected chi connectivity index (χ3v) is 2.79. The SMILES string of the molecule is CCOC(=O)c1cc(NCc2ccncc2)ccc1N. The van der Waals surface area contributed by atoms with Crippen LogP contribution in [0, 0.1) is 0 Å². The molecule has 20 heavy (non-hydrogen) atoms. The van der Waals surface area contributed by atoms with Crippen LogP contribution >= 0.6 is 0 Å². The molecule has 5 heteroatoms. The summed E-state index contributed by atoms with van der Waals surface area (Å²) in [6, 6.07) is 9.09. The molecular weight excluding hydrogens is 254 g/mol. The molecule has 3 N–H and O–H groups in total. The third-order valence-electron chi connectivity index (χ3n) is 2.79. The van der Waals surface area contributed by atoms with Crippen LogP contribution < -0.4 is 11.1 Å². The highest BCUT2D eigenvalue weighted by atomic mass is 16.5. The standard InChI is InChI=1S/C15H17N3O2/c1-2-20-15(19)13-9-12(3-4-14(13)16)18-10-11-5-7-17-8-6-11/h3-9,18H,2,10,16H2,1H3. The molecule has 1 aromatic heterocycles. The Morgan fingerprint density at radius 2 is 2.05 bits per heavy atom. The average Bonchev–Trinajstić information content (AvgIpc) is 2.47. The molecule has 0 saturated carbocycles. The van der Waals surface area contributed by atoms with Crippen LogP contribution in [-0.2, 0) is 11.3 Å². The van der Waals surface area contributed by atoms with Gasteiger partial charge in [0.2, 0.25) is 0 Å². The lowest BCUT2D eigenvalue weighted by atomic mass is 10.1. The molecule has 0 radical (unpaired) electrons. The predicted molar refractivity (Wildman–Crippen MR) is 78.4 cm³/mol. The highest BCUT2D eigenvalue weighted by molar-refractivity contribution is 5.96. The topological polar surface area (TPSA) is 77.2 Å². The first-order chi connectivity index (χ1) is 9.70. The maximum absolute atomic E-state index is 11.8. The largest absolute Gasteiger partial charge is 0.462 e. The number of carbonyl (C=O) groups is 1. The van der Waals surface area contributed by atoms with E-state index in [1.165, 1.54) is 0 Å². The number of rotatable bonds is 5. The molecule has 2 aromatic rings. The number of nitrogens with two attached hydrogens (primary N) is 1. The second-order valence-corrected chi connectivity index (χ2v) is 4.23. The van der Waals surface area contributed by atoms with Gasteiger partial charge in [-0.15, -0.1) is 0 Å². The van der Waals surface area contributed by atoms with Gasteiger partial charge in [0, 0.05) is 30.3 Å². The summed E-state index contributed by atoms with van der Waals surface area (Å²) in [4.78, 5) is 15.7. The van der Waals surface area contributed by atoms with E-state index in [-0.39, 0.29) is 0 Å². The second-order valence-electron chi connectivity index (χ2n) is 4.23. The molecule has 1 aromatic carbocycles. The molecule has 0 atom stereocenters. The lowest BCUT2D eigenvalue weighted by Gasteiger charge is -2.10. The van der Waals surface area contributed by atoms with Crippen molar-refractivity contribution < 1.29 is 9.53 Å². The van der Waals surface area contributed by atoms with Crippen LogP contribution in [0.2, 0.25) is 0 Å². The Hall–Kier alpha value is -2.56. The molecular formula is C15H17N3O2. The Balaban J connectivity index is 2.09. The fraction of sp³-hybridized carbons (Fsp3) is 0.200. The van der Waals surface area contributed by atoms with Gasteiger partial charge in [-0.2, -0.15) is 0 Å². The number of pyridine rings is 1. The van der Waals surface area contributed by atoms with Crippen LogP contribution in [0.25, 0.3) is 0 Å². The maximum Gasteiger partial charge on any atom is 0.340 e. The predicted octanol–water partition coefficient (Wildman–Crippen LogP) is 2.45. The van der Waals surface area contributed by atoms with E-state index in [0.717, 1.165) is 11.3 Å². The molecule has 0 aliphatic heterocycles. The van der Waals surface area contributed by atoms with Crippen molar-refractivity contribution in [1.82, 2.24) is 4.98 Å². The number of esters is 1. The number of benzene rings is 1. The van der Waals surface area contributed by atoms with Gasteiger partial charge < -0.3 is 15.8 Å². The lowest BCUT2D eigenvalue weighted by molar-refractivity contribution is 0.0527. The minimum absolute atomic E-state index is 0.326. The number of nitrogens with zero attached hydrogens (tertiary/aromatic N) is 1. The van der Waals surface area contributed by atoms with Crippen molar-refractivity contribution in [3.8, 4) is 0 Å². The summed E-state index contributed by atoms with van der Waals surface area (Å²) in [6.07, 6.45) is 3.48. The molecule has 104 valence electrons. The zero-order valence-electron chi connectivity index (χ0n) is 11.3. The molecule has 0 fully saturated rings. The summed E-state index contributed by atoms with van der Waals surface area (Å²) in [5.41, 5.74) is 8.51. The first-order valence-corrected chi connectivity index (χ1v) is 6.40. The van der Waals surface area contributed by atoms with Gasteiger partial charge in [-0.05, 0) is 42.8 Å². The van der Waals surface area contributed by atoms with Gasteiger partial charge in [-0.3, -0.25) is 4.98 Å². The van der Waals surface area contributed by atoms with E-state index in [2.05, 4.69) is 10.3 Å². The van der Waals surface area contributed by atoms with Gasteiger partial charge >= 0.3 is 5.97 Å². The van der Waals surface area contributed by atoms with E-state index in [1.54, 1.807) is 31.5 Å². The van der Waals surface area contributed by atoms with Crippen LogP contribution in [0.3, 0.4) is 0 Å². The summed E-state index contributed by atoms with van der Waals surface area (Å²) in [5.74, 6) is -0.405. The average molecular weight is 271 g/mol. The lowest BCUT2D eigenvalue weighted by Crippen LogP contribution is -2.09.